The van der Waals surface area contributed by atoms with Gasteiger partial charge < -0.3 is 9.32 Å². The van der Waals surface area contributed by atoms with Crippen LogP contribution < -0.4 is 4.90 Å². The van der Waals surface area contributed by atoms with Gasteiger partial charge in [0.15, 0.2) is 5.82 Å². The van der Waals surface area contributed by atoms with Crippen LogP contribution in [0.3, 0.4) is 0 Å². The number of hydrogen-bond acceptors (Lipinski definition) is 4. The van der Waals surface area contributed by atoms with Gasteiger partial charge in [-0.3, -0.25) is 0 Å². The predicted octanol–water partition coefficient (Wildman–Crippen LogP) is 11.3. The molecule has 4 nitrogen and oxygen atoms in total. The van der Waals surface area contributed by atoms with Gasteiger partial charge in [0.2, 0.25) is 0 Å². The van der Waals surface area contributed by atoms with Crippen molar-refractivity contribution in [2.45, 2.75) is 0 Å². The quantitative estimate of drug-likeness (QED) is 0.205. The molecule has 0 aliphatic carbocycles. The van der Waals surface area contributed by atoms with E-state index in [-0.39, 0.29) is 0 Å². The Labute approximate surface area is 266 Å². The second-order valence-electron chi connectivity index (χ2n) is 11.4. The van der Waals surface area contributed by atoms with Crippen molar-refractivity contribution in [2.75, 3.05) is 4.90 Å². The van der Waals surface area contributed by atoms with Crippen molar-refractivity contribution in [1.29, 1.82) is 0 Å². The number of rotatable bonds is 4. The van der Waals surface area contributed by atoms with Crippen LogP contribution in [-0.4, -0.2) is 9.97 Å². The highest BCUT2D eigenvalue weighted by Gasteiger charge is 2.29. The lowest BCUT2D eigenvalue weighted by Gasteiger charge is -2.27. The fourth-order valence-corrected chi connectivity index (χ4v) is 6.50. The molecule has 0 fully saturated rings. The zero-order valence-electron chi connectivity index (χ0n) is 24.8. The maximum absolute atomic E-state index is 6.57. The summed E-state index contributed by atoms with van der Waals surface area (Å²) in [5.41, 5.74) is 12.3. The Morgan fingerprint density at radius 3 is 1.67 bits per heavy atom. The van der Waals surface area contributed by atoms with Crippen molar-refractivity contribution < 1.29 is 4.42 Å². The Bertz CT molecular complexity index is 2300. The summed E-state index contributed by atoms with van der Waals surface area (Å²) in [6.07, 6.45) is 0. The molecule has 46 heavy (non-hydrogen) atoms. The maximum atomic E-state index is 6.57. The molecule has 216 valence electrons. The van der Waals surface area contributed by atoms with Crippen LogP contribution >= 0.6 is 0 Å². The minimum Gasteiger partial charge on any atom is -0.455 e. The molecule has 1 aliphatic heterocycles. The second kappa shape index (κ2) is 10.7. The van der Waals surface area contributed by atoms with Crippen LogP contribution in [-0.2, 0) is 0 Å². The fraction of sp³-hybridized carbons (Fsp3) is 0. The zero-order chi connectivity index (χ0) is 30.5. The molecule has 4 heteroatoms. The molecule has 1 aliphatic rings. The van der Waals surface area contributed by atoms with E-state index in [2.05, 4.69) is 120 Å². The van der Waals surface area contributed by atoms with Crippen LogP contribution in [0, 0.1) is 0 Å². The van der Waals surface area contributed by atoms with Crippen molar-refractivity contribution in [2.24, 2.45) is 0 Å². The maximum Gasteiger partial charge on any atom is 0.160 e. The molecule has 0 bridgehead atoms. The van der Waals surface area contributed by atoms with E-state index < -0.39 is 0 Å². The molecule has 6 aromatic carbocycles. The first-order valence-corrected chi connectivity index (χ1v) is 15.4. The number of aromatic nitrogens is 2. The summed E-state index contributed by atoms with van der Waals surface area (Å²) in [5.74, 6) is 1.58. The van der Waals surface area contributed by atoms with Crippen LogP contribution in [0.25, 0.3) is 67.3 Å². The highest BCUT2D eigenvalue weighted by Crippen LogP contribution is 2.53. The lowest BCUT2D eigenvalue weighted by molar-refractivity contribution is 0.633. The van der Waals surface area contributed by atoms with Gasteiger partial charge in [-0.05, 0) is 54.6 Å². The molecule has 0 saturated heterocycles. The van der Waals surface area contributed by atoms with Gasteiger partial charge in [0, 0.05) is 44.5 Å². The summed E-state index contributed by atoms with van der Waals surface area (Å²) >= 11 is 0. The molecule has 0 spiro atoms. The zero-order valence-corrected chi connectivity index (χ0v) is 24.8. The third-order valence-electron chi connectivity index (χ3n) is 8.65. The van der Waals surface area contributed by atoms with E-state index in [9.17, 15) is 0 Å². The molecule has 0 N–H and O–H groups in total. The Morgan fingerprint density at radius 2 is 1.00 bits per heavy atom. The van der Waals surface area contributed by atoms with E-state index in [0.717, 1.165) is 78.6 Å². The van der Waals surface area contributed by atoms with Gasteiger partial charge in [-0.1, -0.05) is 109 Å². The first-order chi connectivity index (χ1) is 22.8. The van der Waals surface area contributed by atoms with E-state index in [1.807, 2.05) is 48.5 Å². The summed E-state index contributed by atoms with van der Waals surface area (Å²) in [5, 5.41) is 1.11. The number of fused-ring (bicyclic) bond motifs is 7. The van der Waals surface area contributed by atoms with Gasteiger partial charge in [0.05, 0.1) is 22.8 Å². The topological polar surface area (TPSA) is 42.2 Å². The van der Waals surface area contributed by atoms with Gasteiger partial charge in [-0.15, -0.1) is 0 Å². The van der Waals surface area contributed by atoms with Crippen molar-refractivity contribution >= 4 is 28.0 Å². The SMILES string of the molecule is c1ccc(-c2cc(-c3ccccc3)nc(-c3ccc(N4c5ccccc5-c5oc6ccccc6c5-c5ccccc54)cc3)n2)cc1. The Hall–Kier alpha value is -6.26. The van der Waals surface area contributed by atoms with Crippen LogP contribution in [0.1, 0.15) is 0 Å². The second-order valence-corrected chi connectivity index (χ2v) is 11.4. The summed E-state index contributed by atoms with van der Waals surface area (Å²) < 4.78 is 6.57. The van der Waals surface area contributed by atoms with E-state index in [4.69, 9.17) is 14.4 Å². The molecule has 0 amide bonds. The first kappa shape index (κ1) is 26.2. The minimum absolute atomic E-state index is 0.689. The molecule has 3 heterocycles. The largest absolute Gasteiger partial charge is 0.455 e. The molecule has 8 aromatic rings. The summed E-state index contributed by atoms with van der Waals surface area (Å²) in [6.45, 7) is 0. The number of furan rings is 1. The standard InChI is InChI=1S/C42H27N3O/c1-3-13-28(14-4-1)35-27-36(29-15-5-2-6-16-29)44-42(43-35)30-23-25-31(26-24-30)45-37-20-10-7-17-32(37)40-34-19-9-12-22-39(34)46-41(40)33-18-8-11-21-38(33)45/h1-27H. The van der Waals surface area contributed by atoms with Gasteiger partial charge in [-0.2, -0.15) is 0 Å². The van der Waals surface area contributed by atoms with Crippen molar-refractivity contribution in [1.82, 2.24) is 9.97 Å². The number of nitrogens with zero attached hydrogens (tertiary/aromatic N) is 3. The predicted molar refractivity (Wildman–Crippen MR) is 187 cm³/mol. The van der Waals surface area contributed by atoms with Gasteiger partial charge >= 0.3 is 0 Å². The minimum atomic E-state index is 0.689. The average Bonchev–Trinajstić information content (AvgIpc) is 3.47. The first-order valence-electron chi connectivity index (χ1n) is 15.4. The van der Waals surface area contributed by atoms with Crippen LogP contribution in [0.2, 0.25) is 0 Å². The van der Waals surface area contributed by atoms with Crippen LogP contribution in [0.4, 0.5) is 17.1 Å². The van der Waals surface area contributed by atoms with E-state index in [1.54, 1.807) is 0 Å². The summed E-state index contributed by atoms with van der Waals surface area (Å²) in [7, 11) is 0. The molecular formula is C42H27N3O. The molecule has 9 rings (SSSR count). The number of benzene rings is 6. The highest BCUT2D eigenvalue weighted by atomic mass is 16.3. The highest BCUT2D eigenvalue weighted by molar-refractivity contribution is 6.10. The number of para-hydroxylation sites is 3. The number of hydrogen-bond donors (Lipinski definition) is 0. The van der Waals surface area contributed by atoms with Gasteiger partial charge in [0.25, 0.3) is 0 Å². The fourth-order valence-electron chi connectivity index (χ4n) is 6.50. The molecular weight excluding hydrogens is 562 g/mol. The van der Waals surface area contributed by atoms with E-state index in [1.165, 1.54) is 0 Å². The summed E-state index contributed by atoms with van der Waals surface area (Å²) in [4.78, 5) is 12.4. The normalized spacial score (nSPS) is 11.9. The van der Waals surface area contributed by atoms with Gasteiger partial charge in [0.1, 0.15) is 11.3 Å². The van der Waals surface area contributed by atoms with E-state index >= 15 is 0 Å². The molecule has 0 radical (unpaired) electrons. The molecule has 0 unspecified atom stereocenters. The van der Waals surface area contributed by atoms with Crippen molar-refractivity contribution in [3.05, 3.63) is 164 Å². The smallest absolute Gasteiger partial charge is 0.160 e. The molecule has 0 saturated carbocycles. The number of anilines is 3. The van der Waals surface area contributed by atoms with Gasteiger partial charge in [-0.25, -0.2) is 9.97 Å². The molecule has 0 atom stereocenters. The lowest BCUT2D eigenvalue weighted by atomic mass is 9.98. The lowest BCUT2D eigenvalue weighted by Crippen LogP contribution is -2.10. The van der Waals surface area contributed by atoms with Crippen molar-refractivity contribution in [3.8, 4) is 56.4 Å². The van der Waals surface area contributed by atoms with Crippen LogP contribution in [0.15, 0.2) is 168 Å². The Morgan fingerprint density at radius 1 is 0.457 bits per heavy atom. The third-order valence-corrected chi connectivity index (χ3v) is 8.65. The molecule has 2 aromatic heterocycles. The van der Waals surface area contributed by atoms with Crippen LogP contribution in [0.5, 0.6) is 0 Å². The third kappa shape index (κ3) is 4.31. The Kier molecular flexibility index (Phi) is 6.10. The summed E-state index contributed by atoms with van der Waals surface area (Å²) in [6, 6.07) is 56.6. The van der Waals surface area contributed by atoms with Crippen molar-refractivity contribution in [3.63, 3.8) is 0 Å². The average molecular weight is 590 g/mol. The monoisotopic (exact) mass is 589 g/mol. The Balaban J connectivity index is 1.19. The van der Waals surface area contributed by atoms with E-state index in [0.29, 0.717) is 5.82 Å².